The van der Waals surface area contributed by atoms with Crippen molar-refractivity contribution in [1.82, 2.24) is 4.57 Å². The zero-order valence-electron chi connectivity index (χ0n) is 16.4. The number of methoxy groups -OCH3 is 1. The molecule has 0 N–H and O–H groups in total. The van der Waals surface area contributed by atoms with Crippen LogP contribution >= 0.6 is 11.3 Å². The van der Waals surface area contributed by atoms with Crippen molar-refractivity contribution in [2.45, 2.75) is 20.4 Å². The summed E-state index contributed by atoms with van der Waals surface area (Å²) >= 11 is 1.40. The van der Waals surface area contributed by atoms with Crippen LogP contribution in [0, 0.1) is 13.8 Å². The number of carbonyl (C=O) groups excluding carboxylic acids is 2. The lowest BCUT2D eigenvalue weighted by atomic mass is 10.1. The molecule has 0 atom stereocenters. The van der Waals surface area contributed by atoms with Crippen LogP contribution in [0.2, 0.25) is 0 Å². The summed E-state index contributed by atoms with van der Waals surface area (Å²) in [6.07, 6.45) is 0. The fourth-order valence-electron chi connectivity index (χ4n) is 3.49. The minimum absolute atomic E-state index is 0.00420. The van der Waals surface area contributed by atoms with E-state index in [-0.39, 0.29) is 18.4 Å². The summed E-state index contributed by atoms with van der Waals surface area (Å²) < 4.78 is 7.59. The van der Waals surface area contributed by atoms with E-state index in [0.717, 1.165) is 32.1 Å². The minimum Gasteiger partial charge on any atom is -0.468 e. The van der Waals surface area contributed by atoms with Gasteiger partial charge in [-0.05, 0) is 53.9 Å². The molecule has 1 amide bonds. The van der Waals surface area contributed by atoms with Gasteiger partial charge in [0.15, 0.2) is 4.80 Å². The Bertz CT molecular complexity index is 1330. The second kappa shape index (κ2) is 7.64. The summed E-state index contributed by atoms with van der Waals surface area (Å²) in [6.45, 7) is 4.02. The zero-order chi connectivity index (χ0) is 20.5. The number of aromatic nitrogens is 1. The Kier molecular flexibility index (Phi) is 5.03. The highest BCUT2D eigenvalue weighted by Crippen LogP contribution is 2.23. The summed E-state index contributed by atoms with van der Waals surface area (Å²) in [5.74, 6) is -0.723. The number of carbonyl (C=O) groups is 2. The first-order valence-electron chi connectivity index (χ1n) is 9.21. The van der Waals surface area contributed by atoms with E-state index < -0.39 is 0 Å². The van der Waals surface area contributed by atoms with Gasteiger partial charge in [0.2, 0.25) is 0 Å². The Morgan fingerprint density at radius 3 is 2.55 bits per heavy atom. The normalized spacial score (nSPS) is 11.9. The number of aryl methyl sites for hydroxylation is 2. The van der Waals surface area contributed by atoms with Crippen LogP contribution in [0.1, 0.15) is 21.5 Å². The van der Waals surface area contributed by atoms with Crippen LogP contribution in [0.15, 0.2) is 59.6 Å². The third-order valence-corrected chi connectivity index (χ3v) is 5.85. The van der Waals surface area contributed by atoms with E-state index in [4.69, 9.17) is 4.74 Å². The molecule has 0 fully saturated rings. The van der Waals surface area contributed by atoms with Crippen molar-refractivity contribution >= 4 is 44.2 Å². The van der Waals surface area contributed by atoms with Gasteiger partial charge in [-0.1, -0.05) is 47.7 Å². The van der Waals surface area contributed by atoms with Crippen LogP contribution in [0.3, 0.4) is 0 Å². The van der Waals surface area contributed by atoms with Crippen molar-refractivity contribution in [3.8, 4) is 0 Å². The van der Waals surface area contributed by atoms with Gasteiger partial charge in [0.1, 0.15) is 6.54 Å². The minimum atomic E-state index is -0.385. The molecular weight excluding hydrogens is 384 g/mol. The smallest absolute Gasteiger partial charge is 0.325 e. The molecular formula is C23H20N2O3S. The van der Waals surface area contributed by atoms with Crippen LogP contribution in [0.4, 0.5) is 0 Å². The highest BCUT2D eigenvalue weighted by Gasteiger charge is 2.15. The molecule has 4 aromatic rings. The molecule has 0 saturated carbocycles. The molecule has 5 nitrogen and oxygen atoms in total. The molecule has 0 aliphatic rings. The number of esters is 1. The van der Waals surface area contributed by atoms with Gasteiger partial charge in [0, 0.05) is 5.56 Å². The molecule has 1 heterocycles. The molecule has 0 spiro atoms. The third kappa shape index (κ3) is 3.71. The van der Waals surface area contributed by atoms with Gasteiger partial charge < -0.3 is 9.30 Å². The van der Waals surface area contributed by atoms with Gasteiger partial charge in [-0.2, -0.15) is 4.99 Å². The first-order chi connectivity index (χ1) is 14.0. The first-order valence-corrected chi connectivity index (χ1v) is 10.0. The van der Waals surface area contributed by atoms with E-state index in [0.29, 0.717) is 10.4 Å². The molecule has 0 unspecified atom stereocenters. The fraction of sp³-hybridized carbons (Fsp3) is 0.174. The predicted octanol–water partition coefficient (Wildman–Crippen LogP) is 4.39. The molecule has 4 rings (SSSR count). The number of nitrogens with zero attached hydrogens (tertiary/aromatic N) is 2. The number of rotatable bonds is 3. The Morgan fingerprint density at radius 2 is 1.79 bits per heavy atom. The van der Waals surface area contributed by atoms with E-state index in [1.807, 2.05) is 56.3 Å². The summed E-state index contributed by atoms with van der Waals surface area (Å²) in [4.78, 5) is 29.7. The van der Waals surface area contributed by atoms with E-state index in [1.165, 1.54) is 18.4 Å². The van der Waals surface area contributed by atoms with Crippen LogP contribution in [-0.2, 0) is 16.1 Å². The van der Waals surface area contributed by atoms with E-state index in [9.17, 15) is 9.59 Å². The molecule has 3 aromatic carbocycles. The lowest BCUT2D eigenvalue weighted by Crippen LogP contribution is -2.22. The SMILES string of the molecule is COC(=O)Cn1c(=NC(=O)c2ccc3ccccc3c2)sc2cc(C)cc(C)c21. The molecule has 146 valence electrons. The number of thiazole rings is 1. The van der Waals surface area contributed by atoms with Gasteiger partial charge in [-0.15, -0.1) is 0 Å². The topological polar surface area (TPSA) is 60.7 Å². The maximum absolute atomic E-state index is 12.9. The monoisotopic (exact) mass is 404 g/mol. The Balaban J connectivity index is 1.87. The number of fused-ring (bicyclic) bond motifs is 2. The molecule has 0 bridgehead atoms. The van der Waals surface area contributed by atoms with Crippen LogP contribution in [0.25, 0.3) is 21.0 Å². The molecule has 0 aliphatic heterocycles. The Hall–Kier alpha value is -3.25. The largest absolute Gasteiger partial charge is 0.468 e. The lowest BCUT2D eigenvalue weighted by Gasteiger charge is -2.06. The summed E-state index contributed by atoms with van der Waals surface area (Å²) in [5, 5.41) is 2.05. The zero-order valence-corrected chi connectivity index (χ0v) is 17.2. The molecule has 6 heteroatoms. The molecule has 29 heavy (non-hydrogen) atoms. The maximum atomic E-state index is 12.9. The van der Waals surface area contributed by atoms with Gasteiger partial charge in [0.25, 0.3) is 5.91 Å². The number of hydrogen-bond acceptors (Lipinski definition) is 4. The number of ether oxygens (including phenoxy) is 1. The van der Waals surface area contributed by atoms with Gasteiger partial charge >= 0.3 is 5.97 Å². The summed E-state index contributed by atoms with van der Waals surface area (Å²) in [7, 11) is 1.35. The van der Waals surface area contributed by atoms with E-state index >= 15 is 0 Å². The highest BCUT2D eigenvalue weighted by molar-refractivity contribution is 7.16. The lowest BCUT2D eigenvalue weighted by molar-refractivity contribution is -0.141. The van der Waals surface area contributed by atoms with Crippen molar-refractivity contribution in [2.24, 2.45) is 4.99 Å². The van der Waals surface area contributed by atoms with Crippen molar-refractivity contribution < 1.29 is 14.3 Å². The van der Waals surface area contributed by atoms with Crippen molar-refractivity contribution in [2.75, 3.05) is 7.11 Å². The summed E-state index contributed by atoms with van der Waals surface area (Å²) in [6, 6.07) is 17.5. The maximum Gasteiger partial charge on any atom is 0.325 e. The molecule has 0 aliphatic carbocycles. The fourth-order valence-corrected chi connectivity index (χ4v) is 4.70. The van der Waals surface area contributed by atoms with Crippen molar-refractivity contribution in [3.05, 3.63) is 76.1 Å². The number of amides is 1. The number of benzene rings is 3. The van der Waals surface area contributed by atoms with Gasteiger partial charge in [0.05, 0.1) is 17.3 Å². The standard InChI is InChI=1S/C23H20N2O3S/c1-14-10-15(2)21-19(11-14)29-23(25(21)13-20(26)28-3)24-22(27)18-9-8-16-6-4-5-7-17(16)12-18/h4-12H,13H2,1-3H3. The molecule has 1 aromatic heterocycles. The number of hydrogen-bond donors (Lipinski definition) is 0. The Morgan fingerprint density at radius 1 is 1.03 bits per heavy atom. The second-order valence-corrected chi connectivity index (χ2v) is 7.96. The molecule has 0 saturated heterocycles. The average molecular weight is 404 g/mol. The van der Waals surface area contributed by atoms with Crippen LogP contribution in [-0.4, -0.2) is 23.6 Å². The average Bonchev–Trinajstić information content (AvgIpc) is 3.04. The van der Waals surface area contributed by atoms with E-state index in [2.05, 4.69) is 11.1 Å². The first kappa shape index (κ1) is 19.1. The van der Waals surface area contributed by atoms with Crippen molar-refractivity contribution in [1.29, 1.82) is 0 Å². The van der Waals surface area contributed by atoms with Crippen LogP contribution in [0.5, 0.6) is 0 Å². The second-order valence-electron chi connectivity index (χ2n) is 6.95. The third-order valence-electron chi connectivity index (χ3n) is 4.82. The highest BCUT2D eigenvalue weighted by atomic mass is 32.1. The predicted molar refractivity (Wildman–Crippen MR) is 115 cm³/mol. The van der Waals surface area contributed by atoms with Gasteiger partial charge in [-0.25, -0.2) is 0 Å². The quantitative estimate of drug-likeness (QED) is 0.476. The van der Waals surface area contributed by atoms with Gasteiger partial charge in [-0.3, -0.25) is 9.59 Å². The van der Waals surface area contributed by atoms with Crippen molar-refractivity contribution in [3.63, 3.8) is 0 Å². The summed E-state index contributed by atoms with van der Waals surface area (Å²) in [5.41, 5.74) is 3.56. The Labute approximate surface area is 171 Å². The van der Waals surface area contributed by atoms with E-state index in [1.54, 1.807) is 10.6 Å². The molecule has 0 radical (unpaired) electrons. The van der Waals surface area contributed by atoms with Crippen LogP contribution < -0.4 is 4.80 Å².